The van der Waals surface area contributed by atoms with Crippen LogP contribution in [0.3, 0.4) is 0 Å². The number of fused-ring (bicyclic) bond motifs is 2. The minimum Gasteiger partial charge on any atom is -0.854 e. The van der Waals surface area contributed by atoms with Crippen molar-refractivity contribution in [3.8, 4) is 0 Å². The van der Waals surface area contributed by atoms with Gasteiger partial charge in [-0.25, -0.2) is 0 Å². The Morgan fingerprint density at radius 2 is 2.22 bits per heavy atom. The fourth-order valence-electron chi connectivity index (χ4n) is 2.09. The summed E-state index contributed by atoms with van der Waals surface area (Å²) in [4.78, 5) is 0. The second kappa shape index (κ2) is 1.84. The van der Waals surface area contributed by atoms with Gasteiger partial charge in [0.1, 0.15) is 0 Å². The van der Waals surface area contributed by atoms with Gasteiger partial charge < -0.3 is 5.11 Å². The van der Waals surface area contributed by atoms with Crippen LogP contribution in [0.1, 0.15) is 12.8 Å². The first-order valence-electron chi connectivity index (χ1n) is 3.66. The molecule has 9 heavy (non-hydrogen) atoms. The van der Waals surface area contributed by atoms with Crippen LogP contribution >= 0.6 is 0 Å². The van der Waals surface area contributed by atoms with Gasteiger partial charge in [-0.05, 0) is 30.6 Å². The summed E-state index contributed by atoms with van der Waals surface area (Å²) < 4.78 is 0. The summed E-state index contributed by atoms with van der Waals surface area (Å²) in [6.07, 6.45) is 6.95. The SMILES string of the molecule is [O-]CC1CC2C=CC1C2. The van der Waals surface area contributed by atoms with Crippen molar-refractivity contribution in [3.05, 3.63) is 12.2 Å². The predicted molar refractivity (Wildman–Crippen MR) is 33.7 cm³/mol. The van der Waals surface area contributed by atoms with E-state index >= 15 is 0 Å². The minimum absolute atomic E-state index is 0.144. The molecule has 0 aromatic heterocycles. The molecular weight excluding hydrogens is 112 g/mol. The second-order valence-electron chi connectivity index (χ2n) is 3.21. The lowest BCUT2D eigenvalue weighted by Gasteiger charge is -2.20. The van der Waals surface area contributed by atoms with Crippen molar-refractivity contribution in [1.82, 2.24) is 0 Å². The van der Waals surface area contributed by atoms with E-state index in [1.807, 2.05) is 0 Å². The Morgan fingerprint density at radius 1 is 1.33 bits per heavy atom. The number of hydrogen-bond donors (Lipinski definition) is 0. The van der Waals surface area contributed by atoms with Gasteiger partial charge in [0.25, 0.3) is 0 Å². The summed E-state index contributed by atoms with van der Waals surface area (Å²) in [7, 11) is 0. The zero-order valence-corrected chi connectivity index (χ0v) is 5.42. The van der Waals surface area contributed by atoms with Gasteiger partial charge in [0.2, 0.25) is 0 Å². The van der Waals surface area contributed by atoms with Gasteiger partial charge in [-0.15, -0.1) is 6.61 Å². The molecule has 0 heterocycles. The molecule has 0 aromatic rings. The summed E-state index contributed by atoms with van der Waals surface area (Å²) in [6, 6.07) is 0. The molecule has 50 valence electrons. The number of rotatable bonds is 1. The first-order valence-corrected chi connectivity index (χ1v) is 3.66. The maximum atomic E-state index is 10.5. The predicted octanol–water partition coefficient (Wildman–Crippen LogP) is 0.559. The van der Waals surface area contributed by atoms with Crippen LogP contribution in [0.25, 0.3) is 0 Å². The second-order valence-corrected chi connectivity index (χ2v) is 3.21. The van der Waals surface area contributed by atoms with E-state index < -0.39 is 0 Å². The van der Waals surface area contributed by atoms with E-state index in [0.717, 1.165) is 5.92 Å². The normalized spacial score (nSPS) is 46.6. The molecule has 3 unspecified atom stereocenters. The first-order chi connectivity index (χ1) is 4.40. The Hall–Kier alpha value is -0.300. The lowest BCUT2D eigenvalue weighted by molar-refractivity contribution is -0.380. The third-order valence-electron chi connectivity index (χ3n) is 2.63. The molecule has 1 fully saturated rings. The molecule has 2 rings (SSSR count). The van der Waals surface area contributed by atoms with Crippen LogP contribution in [0.5, 0.6) is 0 Å². The Bertz CT molecular complexity index is 140. The molecule has 0 N–H and O–H groups in total. The molecule has 0 amide bonds. The van der Waals surface area contributed by atoms with Crippen molar-refractivity contribution in [1.29, 1.82) is 0 Å². The quantitative estimate of drug-likeness (QED) is 0.467. The van der Waals surface area contributed by atoms with Gasteiger partial charge in [0, 0.05) is 0 Å². The number of allylic oxidation sites excluding steroid dienone is 2. The van der Waals surface area contributed by atoms with Gasteiger partial charge in [-0.1, -0.05) is 12.2 Å². The molecule has 1 heteroatoms. The van der Waals surface area contributed by atoms with E-state index in [1.54, 1.807) is 0 Å². The van der Waals surface area contributed by atoms with Crippen molar-refractivity contribution in [2.45, 2.75) is 12.8 Å². The molecule has 2 aliphatic carbocycles. The molecule has 0 saturated heterocycles. The topological polar surface area (TPSA) is 23.1 Å². The van der Waals surface area contributed by atoms with Crippen LogP contribution in [0, 0.1) is 17.8 Å². The Kier molecular flexibility index (Phi) is 1.12. The zero-order valence-electron chi connectivity index (χ0n) is 5.42. The van der Waals surface area contributed by atoms with Crippen LogP contribution in [-0.4, -0.2) is 6.61 Å². The van der Waals surface area contributed by atoms with Crippen LogP contribution in [-0.2, 0) is 0 Å². The zero-order chi connectivity index (χ0) is 6.27. The third kappa shape index (κ3) is 0.715. The molecule has 1 nitrogen and oxygen atoms in total. The van der Waals surface area contributed by atoms with E-state index in [-0.39, 0.29) is 6.61 Å². The monoisotopic (exact) mass is 123 g/mol. The number of hydrogen-bond acceptors (Lipinski definition) is 1. The van der Waals surface area contributed by atoms with Crippen LogP contribution in [0.15, 0.2) is 12.2 Å². The molecule has 0 radical (unpaired) electrons. The summed E-state index contributed by atoms with van der Waals surface area (Å²) >= 11 is 0. The van der Waals surface area contributed by atoms with Crippen molar-refractivity contribution in [2.24, 2.45) is 17.8 Å². The summed E-state index contributed by atoms with van der Waals surface area (Å²) in [5.41, 5.74) is 0. The highest BCUT2D eigenvalue weighted by Gasteiger charge is 2.32. The third-order valence-corrected chi connectivity index (χ3v) is 2.63. The summed E-state index contributed by atoms with van der Waals surface area (Å²) in [5, 5.41) is 10.5. The molecule has 1 saturated carbocycles. The van der Waals surface area contributed by atoms with Crippen molar-refractivity contribution in [2.75, 3.05) is 6.61 Å². The van der Waals surface area contributed by atoms with Crippen LogP contribution in [0.4, 0.5) is 0 Å². The molecule has 0 aliphatic heterocycles. The standard InChI is InChI=1S/C8H11O/c9-5-8-4-6-1-2-7(8)3-6/h1-2,6-8H,3-5H2/q-1. The Balaban J connectivity index is 2.10. The van der Waals surface area contributed by atoms with E-state index in [1.165, 1.54) is 12.8 Å². The van der Waals surface area contributed by atoms with E-state index in [4.69, 9.17) is 0 Å². The van der Waals surface area contributed by atoms with E-state index in [0.29, 0.717) is 11.8 Å². The highest BCUT2D eigenvalue weighted by atomic mass is 16.3. The maximum absolute atomic E-state index is 10.5. The fraction of sp³-hybridized carbons (Fsp3) is 0.750. The first kappa shape index (κ1) is 5.48. The summed E-state index contributed by atoms with van der Waals surface area (Å²) in [5.74, 6) is 1.92. The molecule has 2 bridgehead atoms. The Morgan fingerprint density at radius 3 is 2.56 bits per heavy atom. The van der Waals surface area contributed by atoms with Gasteiger partial charge in [-0.2, -0.15) is 0 Å². The van der Waals surface area contributed by atoms with E-state index in [9.17, 15) is 5.11 Å². The van der Waals surface area contributed by atoms with Crippen LogP contribution < -0.4 is 5.11 Å². The van der Waals surface area contributed by atoms with Gasteiger partial charge in [0.05, 0.1) is 0 Å². The molecule has 0 aromatic carbocycles. The molecule has 2 aliphatic rings. The lowest BCUT2D eigenvalue weighted by Crippen LogP contribution is -2.21. The molecule has 3 atom stereocenters. The van der Waals surface area contributed by atoms with Gasteiger partial charge in [0.15, 0.2) is 0 Å². The largest absolute Gasteiger partial charge is 0.854 e. The minimum atomic E-state index is 0.144. The van der Waals surface area contributed by atoms with Gasteiger partial charge >= 0.3 is 0 Å². The smallest absolute Gasteiger partial charge is 0.0212 e. The highest BCUT2D eigenvalue weighted by molar-refractivity contribution is 5.09. The average molecular weight is 123 g/mol. The lowest BCUT2D eigenvalue weighted by atomic mass is 9.95. The average Bonchev–Trinajstić information content (AvgIpc) is 2.45. The van der Waals surface area contributed by atoms with Crippen molar-refractivity contribution in [3.63, 3.8) is 0 Å². The van der Waals surface area contributed by atoms with Gasteiger partial charge in [-0.3, -0.25) is 0 Å². The van der Waals surface area contributed by atoms with Crippen molar-refractivity contribution >= 4 is 0 Å². The summed E-state index contributed by atoms with van der Waals surface area (Å²) in [6.45, 7) is 0.144. The highest BCUT2D eigenvalue weighted by Crippen LogP contribution is 2.42. The van der Waals surface area contributed by atoms with E-state index in [2.05, 4.69) is 12.2 Å². The van der Waals surface area contributed by atoms with Crippen molar-refractivity contribution < 1.29 is 5.11 Å². The maximum Gasteiger partial charge on any atom is -0.0212 e. The fourth-order valence-corrected chi connectivity index (χ4v) is 2.09. The Labute approximate surface area is 55.4 Å². The molecular formula is C8H11O-. The molecule has 0 spiro atoms. The van der Waals surface area contributed by atoms with Crippen LogP contribution in [0.2, 0.25) is 0 Å².